The fourth-order valence-electron chi connectivity index (χ4n) is 2.58. The van der Waals surface area contributed by atoms with E-state index in [1.54, 1.807) is 30.5 Å². The summed E-state index contributed by atoms with van der Waals surface area (Å²) in [7, 11) is 0. The number of halogens is 7. The molecule has 1 aromatic carbocycles. The Labute approximate surface area is 166 Å². The summed E-state index contributed by atoms with van der Waals surface area (Å²) in [6.45, 7) is 4.46. The lowest BCUT2D eigenvalue weighted by Crippen LogP contribution is -2.58. The van der Waals surface area contributed by atoms with Crippen LogP contribution in [0.25, 0.3) is 5.69 Å². The summed E-state index contributed by atoms with van der Waals surface area (Å²) in [5.41, 5.74) is 2.43. The first-order valence-corrected chi connectivity index (χ1v) is 8.28. The second-order valence-electron chi connectivity index (χ2n) is 6.27. The molecule has 0 radical (unpaired) electrons. The van der Waals surface area contributed by atoms with Crippen molar-refractivity contribution in [2.75, 3.05) is 0 Å². The normalized spacial score (nSPS) is 13.0. The largest absolute Gasteiger partial charge is 0.462 e. The molecule has 0 saturated heterocycles. The average Bonchev–Trinajstić information content (AvgIpc) is 2.88. The molecule has 1 N–H and O–H groups in total. The van der Waals surface area contributed by atoms with E-state index >= 15 is 0 Å². The first-order chi connectivity index (χ1) is 13.7. The van der Waals surface area contributed by atoms with Gasteiger partial charge in [0, 0.05) is 29.6 Å². The highest BCUT2D eigenvalue weighted by atomic mass is 19.4. The Morgan fingerprint density at radius 3 is 2.13 bits per heavy atom. The predicted octanol–water partition coefficient (Wildman–Crippen LogP) is 4.73. The number of carbonyl (C=O) groups is 1. The number of nitrogens with zero attached hydrogens (tertiary/aromatic N) is 2. The summed E-state index contributed by atoms with van der Waals surface area (Å²) in [6, 6.07) is 2.08. The topological polar surface area (TPSA) is 55.6 Å². The Hall–Kier alpha value is -3.05. The van der Waals surface area contributed by atoms with E-state index < -0.39 is 24.1 Å². The third-order valence-corrected chi connectivity index (χ3v) is 3.99. The molecule has 30 heavy (non-hydrogen) atoms. The van der Waals surface area contributed by atoms with Gasteiger partial charge in [0.15, 0.2) is 0 Å². The van der Waals surface area contributed by atoms with Gasteiger partial charge in [-0.15, -0.1) is 0 Å². The van der Waals surface area contributed by atoms with Crippen LogP contribution in [-0.4, -0.2) is 34.9 Å². The number of rotatable bonds is 6. The lowest BCUT2D eigenvalue weighted by Gasteiger charge is -2.27. The van der Waals surface area contributed by atoms with Crippen molar-refractivity contribution in [3.8, 4) is 11.4 Å². The zero-order valence-electron chi connectivity index (χ0n) is 15.8. The van der Waals surface area contributed by atoms with E-state index in [2.05, 4.69) is 5.10 Å². The van der Waals surface area contributed by atoms with Crippen LogP contribution < -0.4 is 10.2 Å². The summed E-state index contributed by atoms with van der Waals surface area (Å²) >= 11 is 0. The van der Waals surface area contributed by atoms with Crippen LogP contribution in [0.15, 0.2) is 35.4 Å². The highest BCUT2D eigenvalue weighted by Gasteiger charge is 2.73. The minimum atomic E-state index is -6.45. The van der Waals surface area contributed by atoms with Crippen molar-refractivity contribution in [1.29, 1.82) is 0 Å². The van der Waals surface area contributed by atoms with Gasteiger partial charge in [-0.1, -0.05) is 0 Å². The summed E-state index contributed by atoms with van der Waals surface area (Å²) < 4.78 is 95.2. The third-order valence-electron chi connectivity index (χ3n) is 3.99. The van der Waals surface area contributed by atoms with Crippen LogP contribution in [0.2, 0.25) is 0 Å². The van der Waals surface area contributed by atoms with Gasteiger partial charge in [-0.05, 0) is 44.2 Å². The van der Waals surface area contributed by atoms with Crippen molar-refractivity contribution in [2.24, 2.45) is 5.10 Å². The number of hydrogen-bond donors (Lipinski definition) is 1. The van der Waals surface area contributed by atoms with Crippen molar-refractivity contribution in [3.05, 3.63) is 47.3 Å². The molecule has 0 unspecified atom stereocenters. The van der Waals surface area contributed by atoms with Gasteiger partial charge in [0.25, 0.3) is 0 Å². The van der Waals surface area contributed by atoms with Crippen molar-refractivity contribution in [3.63, 3.8) is 0 Å². The van der Waals surface area contributed by atoms with E-state index in [0.29, 0.717) is 34.5 Å². The summed E-state index contributed by atoms with van der Waals surface area (Å²) in [5.74, 6) is -6.51. The van der Waals surface area contributed by atoms with E-state index in [1.807, 2.05) is 0 Å². The molecule has 0 aliphatic carbocycles. The third kappa shape index (κ3) is 4.57. The van der Waals surface area contributed by atoms with Crippen molar-refractivity contribution in [2.45, 2.75) is 38.9 Å². The van der Waals surface area contributed by atoms with Gasteiger partial charge in [-0.3, -0.25) is 4.79 Å². The highest BCUT2D eigenvalue weighted by Crippen LogP contribution is 2.45. The van der Waals surface area contributed by atoms with Crippen LogP contribution in [0.3, 0.4) is 0 Å². The summed E-state index contributed by atoms with van der Waals surface area (Å²) in [4.78, 5) is 11.0. The Balaban J connectivity index is 2.24. The molecule has 2 rings (SSSR count). The number of esters is 1. The zero-order valence-corrected chi connectivity index (χ0v) is 15.8. The van der Waals surface area contributed by atoms with Gasteiger partial charge in [-0.25, -0.2) is 5.43 Å². The first kappa shape index (κ1) is 23.2. The first-order valence-electron chi connectivity index (χ1n) is 8.28. The van der Waals surface area contributed by atoms with Gasteiger partial charge in [-0.2, -0.15) is 35.8 Å². The molecule has 0 spiro atoms. The number of alkyl halides is 7. The molecule has 0 aliphatic heterocycles. The lowest BCUT2D eigenvalue weighted by molar-refractivity contribution is -0.361. The van der Waals surface area contributed by atoms with Crippen LogP contribution in [0.5, 0.6) is 5.75 Å². The number of hydrazone groups is 1. The van der Waals surface area contributed by atoms with Crippen molar-refractivity contribution < 1.29 is 40.3 Å². The van der Waals surface area contributed by atoms with Crippen LogP contribution in [-0.2, 0) is 4.79 Å². The summed E-state index contributed by atoms with van der Waals surface area (Å²) in [6.07, 6.45) is -5.74. The Morgan fingerprint density at radius 2 is 1.63 bits per heavy atom. The molecule has 0 fully saturated rings. The van der Waals surface area contributed by atoms with Crippen LogP contribution in [0.4, 0.5) is 30.7 Å². The highest BCUT2D eigenvalue weighted by molar-refractivity contribution is 5.82. The van der Waals surface area contributed by atoms with Crippen LogP contribution in [0, 0.1) is 13.8 Å². The molecular formula is C18H16F7N3O2. The SMILES string of the molecule is CC(=O)Oc1ccc(-n2c(C)cc(/C=N/NC(F)(F)C(F)(F)C(F)(F)F)c2C)cc1. The Morgan fingerprint density at radius 1 is 1.07 bits per heavy atom. The number of nitrogens with one attached hydrogen (secondary N) is 1. The maximum absolute atomic E-state index is 13.2. The number of ether oxygens (including phenoxy) is 1. The fraction of sp³-hybridized carbons (Fsp3) is 0.333. The minimum absolute atomic E-state index is 0.204. The lowest BCUT2D eigenvalue weighted by atomic mass is 10.2. The maximum Gasteiger partial charge on any atom is 0.462 e. The van der Waals surface area contributed by atoms with Gasteiger partial charge in [0.1, 0.15) is 5.75 Å². The summed E-state index contributed by atoms with van der Waals surface area (Å²) in [5, 5.41) is 2.87. The quantitative estimate of drug-likeness (QED) is 0.177. The molecule has 1 heterocycles. The van der Waals surface area contributed by atoms with Crippen molar-refractivity contribution in [1.82, 2.24) is 9.99 Å². The van der Waals surface area contributed by atoms with Gasteiger partial charge < -0.3 is 9.30 Å². The van der Waals surface area contributed by atoms with Gasteiger partial charge >= 0.3 is 24.1 Å². The Bertz CT molecular complexity index is 948. The van der Waals surface area contributed by atoms with E-state index in [9.17, 15) is 35.5 Å². The molecule has 5 nitrogen and oxygen atoms in total. The average molecular weight is 439 g/mol. The molecule has 0 atom stereocenters. The number of benzene rings is 1. The molecule has 2 aromatic rings. The molecule has 12 heteroatoms. The molecule has 0 amide bonds. The molecule has 0 saturated carbocycles. The number of carbonyl (C=O) groups excluding carboxylic acids is 1. The van der Waals surface area contributed by atoms with E-state index in [1.165, 1.54) is 25.1 Å². The van der Waals surface area contributed by atoms with E-state index in [4.69, 9.17) is 4.74 Å². The van der Waals surface area contributed by atoms with Gasteiger partial charge in [0.05, 0.1) is 6.21 Å². The second-order valence-corrected chi connectivity index (χ2v) is 6.27. The van der Waals surface area contributed by atoms with Gasteiger partial charge in [0.2, 0.25) is 0 Å². The molecule has 1 aromatic heterocycles. The zero-order chi connectivity index (χ0) is 22.9. The minimum Gasteiger partial charge on any atom is -0.427 e. The molecule has 0 bridgehead atoms. The Kier molecular flexibility index (Phi) is 6.19. The second kappa shape index (κ2) is 8.00. The monoisotopic (exact) mass is 439 g/mol. The van der Waals surface area contributed by atoms with E-state index in [-0.39, 0.29) is 5.56 Å². The molecule has 0 aliphatic rings. The number of hydrogen-bond acceptors (Lipinski definition) is 4. The number of aryl methyl sites for hydroxylation is 1. The van der Waals surface area contributed by atoms with E-state index in [0.717, 1.165) is 0 Å². The predicted molar refractivity (Wildman–Crippen MR) is 93.2 cm³/mol. The van der Waals surface area contributed by atoms with Crippen LogP contribution in [0.1, 0.15) is 23.9 Å². The smallest absolute Gasteiger partial charge is 0.427 e. The van der Waals surface area contributed by atoms with Crippen molar-refractivity contribution >= 4 is 12.2 Å². The van der Waals surface area contributed by atoms with Crippen LogP contribution >= 0.6 is 0 Å². The number of aromatic nitrogens is 1. The molecule has 164 valence electrons. The molecular weight excluding hydrogens is 423 g/mol. The maximum atomic E-state index is 13.2. The fourth-order valence-corrected chi connectivity index (χ4v) is 2.58. The standard InChI is InChI=1S/C18H16F7N3O2/c1-10-8-13(9-26-27-18(24,25)16(19,20)17(21,22)23)11(2)28(10)14-4-6-15(7-5-14)30-12(3)29/h4-9,27H,1-3H3/b26-9+.